The first-order valence-corrected chi connectivity index (χ1v) is 11.5. The van der Waals surface area contributed by atoms with Gasteiger partial charge in [0.15, 0.2) is 0 Å². The van der Waals surface area contributed by atoms with Crippen LogP contribution in [0.15, 0.2) is 24.3 Å². The van der Waals surface area contributed by atoms with Crippen molar-refractivity contribution in [2.24, 2.45) is 5.92 Å². The largest absolute Gasteiger partial charge is 0.379 e. The lowest BCUT2D eigenvalue weighted by Crippen LogP contribution is -2.49. The topological polar surface area (TPSA) is 70.7 Å². The second-order valence-corrected chi connectivity index (χ2v) is 8.89. The predicted molar refractivity (Wildman–Crippen MR) is 118 cm³/mol. The summed E-state index contributed by atoms with van der Waals surface area (Å²) in [5, 5.41) is 6.60. The number of carbonyl (C=O) groups excluding carboxylic acids is 2. The zero-order chi connectivity index (χ0) is 21.3. The molecule has 166 valence electrons. The van der Waals surface area contributed by atoms with Crippen LogP contribution >= 0.6 is 11.6 Å². The number of hydrogen-bond donors (Lipinski definition) is 2. The van der Waals surface area contributed by atoms with Gasteiger partial charge in [-0.05, 0) is 43.4 Å². The van der Waals surface area contributed by atoms with Gasteiger partial charge in [0.25, 0.3) is 0 Å². The summed E-state index contributed by atoms with van der Waals surface area (Å²) in [5.74, 6) is 0.288. The predicted octanol–water partition coefficient (Wildman–Crippen LogP) is 3.30. The molecule has 2 fully saturated rings. The molecule has 3 rings (SSSR count). The summed E-state index contributed by atoms with van der Waals surface area (Å²) in [5.41, 5.74) is 1.11. The van der Waals surface area contributed by atoms with Crippen molar-refractivity contribution >= 4 is 23.4 Å². The lowest BCUT2D eigenvalue weighted by atomic mass is 9.87. The number of hydrogen-bond acceptors (Lipinski definition) is 4. The molecule has 0 spiro atoms. The zero-order valence-electron chi connectivity index (χ0n) is 17.9. The fourth-order valence-electron chi connectivity index (χ4n) is 4.40. The second kappa shape index (κ2) is 11.7. The number of carbonyl (C=O) groups is 2. The van der Waals surface area contributed by atoms with Crippen molar-refractivity contribution in [2.75, 3.05) is 32.8 Å². The van der Waals surface area contributed by atoms with E-state index in [9.17, 15) is 9.59 Å². The van der Waals surface area contributed by atoms with Crippen molar-refractivity contribution in [1.29, 1.82) is 0 Å². The van der Waals surface area contributed by atoms with E-state index in [0.717, 1.165) is 31.5 Å². The maximum absolute atomic E-state index is 12.7. The van der Waals surface area contributed by atoms with Crippen LogP contribution in [0.5, 0.6) is 0 Å². The number of ether oxygens (including phenoxy) is 1. The molecule has 0 bridgehead atoms. The van der Waals surface area contributed by atoms with Crippen molar-refractivity contribution in [3.63, 3.8) is 0 Å². The molecule has 1 aromatic carbocycles. The SMILES string of the molecule is CC(NC(=O)CC1CCCCC1)C(=O)NCC(c1ccc(Cl)cc1)N1CCOCC1. The number of rotatable bonds is 8. The van der Waals surface area contributed by atoms with E-state index in [1.54, 1.807) is 6.92 Å². The van der Waals surface area contributed by atoms with Crippen LogP contribution in [0, 0.1) is 5.92 Å². The minimum atomic E-state index is -0.545. The average molecular weight is 436 g/mol. The number of amides is 2. The summed E-state index contributed by atoms with van der Waals surface area (Å²) in [6.07, 6.45) is 6.46. The van der Waals surface area contributed by atoms with Gasteiger partial charge in [0.2, 0.25) is 11.8 Å². The molecule has 1 aromatic rings. The van der Waals surface area contributed by atoms with E-state index in [1.165, 1.54) is 19.3 Å². The molecule has 1 aliphatic carbocycles. The third-order valence-electron chi connectivity index (χ3n) is 6.18. The Labute approximate surface area is 184 Å². The fourth-order valence-corrected chi connectivity index (χ4v) is 4.53. The van der Waals surface area contributed by atoms with E-state index < -0.39 is 6.04 Å². The van der Waals surface area contributed by atoms with Crippen LogP contribution in [0.3, 0.4) is 0 Å². The summed E-state index contributed by atoms with van der Waals surface area (Å²) in [7, 11) is 0. The highest BCUT2D eigenvalue weighted by molar-refractivity contribution is 6.30. The van der Waals surface area contributed by atoms with Gasteiger partial charge in [0.1, 0.15) is 6.04 Å². The Morgan fingerprint density at radius 3 is 2.47 bits per heavy atom. The summed E-state index contributed by atoms with van der Waals surface area (Å²) in [6.45, 7) is 5.23. The quantitative estimate of drug-likeness (QED) is 0.657. The molecule has 1 aliphatic heterocycles. The molecule has 1 saturated heterocycles. The molecule has 7 heteroatoms. The van der Waals surface area contributed by atoms with Crippen LogP contribution in [0.4, 0.5) is 0 Å². The highest BCUT2D eigenvalue weighted by atomic mass is 35.5. The van der Waals surface area contributed by atoms with Crippen molar-refractivity contribution in [3.8, 4) is 0 Å². The Morgan fingerprint density at radius 2 is 1.80 bits per heavy atom. The average Bonchev–Trinajstić information content (AvgIpc) is 2.76. The molecule has 6 nitrogen and oxygen atoms in total. The molecular formula is C23H34ClN3O3. The molecule has 2 aliphatic rings. The Balaban J connectivity index is 1.52. The molecular weight excluding hydrogens is 402 g/mol. The maximum Gasteiger partial charge on any atom is 0.242 e. The van der Waals surface area contributed by atoms with Gasteiger partial charge in [-0.15, -0.1) is 0 Å². The van der Waals surface area contributed by atoms with Crippen LogP contribution < -0.4 is 10.6 Å². The first kappa shape index (κ1) is 23.0. The summed E-state index contributed by atoms with van der Waals surface area (Å²) in [4.78, 5) is 27.3. The smallest absolute Gasteiger partial charge is 0.242 e. The number of morpholine rings is 1. The minimum absolute atomic E-state index is 0.0213. The first-order valence-electron chi connectivity index (χ1n) is 11.2. The van der Waals surface area contributed by atoms with E-state index in [1.807, 2.05) is 24.3 Å². The monoisotopic (exact) mass is 435 g/mol. The number of benzene rings is 1. The second-order valence-electron chi connectivity index (χ2n) is 8.46. The third-order valence-corrected chi connectivity index (χ3v) is 6.43. The van der Waals surface area contributed by atoms with Gasteiger partial charge in [-0.1, -0.05) is 43.0 Å². The number of nitrogens with zero attached hydrogens (tertiary/aromatic N) is 1. The van der Waals surface area contributed by atoms with Crippen LogP contribution in [-0.4, -0.2) is 55.6 Å². The maximum atomic E-state index is 12.7. The zero-order valence-corrected chi connectivity index (χ0v) is 18.6. The molecule has 2 unspecified atom stereocenters. The number of halogens is 1. The number of nitrogens with one attached hydrogen (secondary N) is 2. The van der Waals surface area contributed by atoms with Gasteiger partial charge in [-0.3, -0.25) is 14.5 Å². The standard InChI is InChI=1S/C23H34ClN3O3/c1-17(26-22(28)15-18-5-3-2-4-6-18)23(29)25-16-21(27-11-13-30-14-12-27)19-7-9-20(24)10-8-19/h7-10,17-18,21H,2-6,11-16H2,1H3,(H,25,29)(H,26,28). The van der Waals surface area contributed by atoms with Crippen molar-refractivity contribution < 1.29 is 14.3 Å². The summed E-state index contributed by atoms with van der Waals surface area (Å²) >= 11 is 6.05. The van der Waals surface area contributed by atoms with Crippen LogP contribution in [0.1, 0.15) is 57.1 Å². The van der Waals surface area contributed by atoms with Crippen LogP contribution in [-0.2, 0) is 14.3 Å². The van der Waals surface area contributed by atoms with Crippen molar-refractivity contribution in [3.05, 3.63) is 34.9 Å². The Bertz CT molecular complexity index is 685. The lowest BCUT2D eigenvalue weighted by molar-refractivity contribution is -0.129. The molecule has 1 saturated carbocycles. The molecule has 0 aromatic heterocycles. The molecule has 1 heterocycles. The Morgan fingerprint density at radius 1 is 1.13 bits per heavy atom. The molecule has 2 atom stereocenters. The Hall–Kier alpha value is -1.63. The van der Waals surface area contributed by atoms with E-state index in [0.29, 0.717) is 37.1 Å². The summed E-state index contributed by atoms with van der Waals surface area (Å²) in [6, 6.07) is 7.26. The van der Waals surface area contributed by atoms with E-state index in [2.05, 4.69) is 15.5 Å². The molecule has 2 N–H and O–H groups in total. The van der Waals surface area contributed by atoms with Crippen molar-refractivity contribution in [2.45, 2.75) is 57.5 Å². The molecule has 2 amide bonds. The van der Waals surface area contributed by atoms with Gasteiger partial charge in [-0.2, -0.15) is 0 Å². The first-order chi connectivity index (χ1) is 14.5. The third kappa shape index (κ3) is 6.96. The van der Waals surface area contributed by atoms with Gasteiger partial charge >= 0.3 is 0 Å². The van der Waals surface area contributed by atoms with Gasteiger partial charge in [-0.25, -0.2) is 0 Å². The van der Waals surface area contributed by atoms with E-state index >= 15 is 0 Å². The van der Waals surface area contributed by atoms with Crippen molar-refractivity contribution in [1.82, 2.24) is 15.5 Å². The van der Waals surface area contributed by atoms with E-state index in [4.69, 9.17) is 16.3 Å². The van der Waals surface area contributed by atoms with Crippen LogP contribution in [0.2, 0.25) is 5.02 Å². The highest BCUT2D eigenvalue weighted by Gasteiger charge is 2.25. The summed E-state index contributed by atoms with van der Waals surface area (Å²) < 4.78 is 5.48. The van der Waals surface area contributed by atoms with Gasteiger partial charge < -0.3 is 15.4 Å². The van der Waals surface area contributed by atoms with Gasteiger partial charge in [0, 0.05) is 31.1 Å². The molecule has 30 heavy (non-hydrogen) atoms. The van der Waals surface area contributed by atoms with Crippen LogP contribution in [0.25, 0.3) is 0 Å². The highest BCUT2D eigenvalue weighted by Crippen LogP contribution is 2.26. The normalized spacial score (nSPS) is 20.3. The van der Waals surface area contributed by atoms with E-state index in [-0.39, 0.29) is 17.9 Å². The lowest BCUT2D eigenvalue weighted by Gasteiger charge is -2.35. The fraction of sp³-hybridized carbons (Fsp3) is 0.652. The molecule has 0 radical (unpaired) electrons. The van der Waals surface area contributed by atoms with Gasteiger partial charge in [0.05, 0.1) is 19.3 Å². The minimum Gasteiger partial charge on any atom is -0.379 e. The Kier molecular flexibility index (Phi) is 8.97.